The van der Waals surface area contributed by atoms with Crippen molar-refractivity contribution in [2.24, 2.45) is 0 Å². The van der Waals surface area contributed by atoms with Crippen LogP contribution in [0.3, 0.4) is 0 Å². The summed E-state index contributed by atoms with van der Waals surface area (Å²) >= 11 is 0. The molecule has 1 saturated heterocycles. The number of rotatable bonds is 5. The molecule has 3 atom stereocenters. The van der Waals surface area contributed by atoms with Crippen molar-refractivity contribution in [2.75, 3.05) is 18.0 Å². The Labute approximate surface area is 196 Å². The zero-order valence-electron chi connectivity index (χ0n) is 19.7. The van der Waals surface area contributed by atoms with Gasteiger partial charge in [-0.2, -0.15) is 0 Å². The van der Waals surface area contributed by atoms with Crippen molar-refractivity contribution in [1.29, 1.82) is 0 Å². The lowest BCUT2D eigenvalue weighted by atomic mass is 9.79. The number of carbonyl (C=O) groups is 2. The predicted octanol–water partition coefficient (Wildman–Crippen LogP) is 4.17. The van der Waals surface area contributed by atoms with Gasteiger partial charge in [-0.05, 0) is 55.4 Å². The molecule has 0 saturated carbocycles. The summed E-state index contributed by atoms with van der Waals surface area (Å²) in [4.78, 5) is 30.5. The average Bonchev–Trinajstić information content (AvgIpc) is 3.06. The lowest BCUT2D eigenvalue weighted by Crippen LogP contribution is -2.51. The van der Waals surface area contributed by atoms with Crippen LogP contribution in [-0.2, 0) is 21.4 Å². The number of Topliss-reactive ketones (excluding diaryl/α,β-unsaturated/α-hetero) is 1. The molecular formula is C28H34N2O3. The Kier molecular flexibility index (Phi) is 5.87. The van der Waals surface area contributed by atoms with Gasteiger partial charge in [0.25, 0.3) is 0 Å². The summed E-state index contributed by atoms with van der Waals surface area (Å²) in [6, 6.07) is 16.6. The van der Waals surface area contributed by atoms with Gasteiger partial charge in [-0.3, -0.25) is 14.5 Å². The molecule has 0 bridgehead atoms. The molecule has 5 nitrogen and oxygen atoms in total. The van der Waals surface area contributed by atoms with E-state index >= 15 is 0 Å². The Morgan fingerprint density at radius 2 is 1.76 bits per heavy atom. The molecule has 5 rings (SSSR count). The van der Waals surface area contributed by atoms with Gasteiger partial charge < -0.3 is 10.0 Å². The van der Waals surface area contributed by atoms with Gasteiger partial charge in [0.2, 0.25) is 5.91 Å². The maximum absolute atomic E-state index is 13.8. The van der Waals surface area contributed by atoms with Crippen molar-refractivity contribution in [3.05, 3.63) is 65.2 Å². The molecule has 33 heavy (non-hydrogen) atoms. The highest BCUT2D eigenvalue weighted by atomic mass is 16.3. The molecule has 2 aromatic carbocycles. The Hall–Kier alpha value is -2.50. The number of carbonyl (C=O) groups excluding carboxylic acids is 2. The van der Waals surface area contributed by atoms with Crippen molar-refractivity contribution in [3.63, 3.8) is 0 Å². The average molecular weight is 447 g/mol. The topological polar surface area (TPSA) is 60.9 Å². The van der Waals surface area contributed by atoms with E-state index in [-0.39, 0.29) is 36.3 Å². The normalized spacial score (nSPS) is 28.0. The number of piperidine rings is 1. The van der Waals surface area contributed by atoms with Gasteiger partial charge in [0.05, 0.1) is 17.6 Å². The van der Waals surface area contributed by atoms with Crippen LogP contribution in [0.15, 0.2) is 48.5 Å². The quantitative estimate of drug-likeness (QED) is 0.749. The van der Waals surface area contributed by atoms with Crippen LogP contribution >= 0.6 is 0 Å². The molecule has 0 unspecified atom stereocenters. The number of benzene rings is 2. The van der Waals surface area contributed by atoms with Crippen LogP contribution in [0.2, 0.25) is 0 Å². The van der Waals surface area contributed by atoms with Crippen LogP contribution in [0.25, 0.3) is 0 Å². The van der Waals surface area contributed by atoms with E-state index in [0.29, 0.717) is 6.42 Å². The van der Waals surface area contributed by atoms with E-state index in [2.05, 4.69) is 29.2 Å². The number of para-hydroxylation sites is 1. The van der Waals surface area contributed by atoms with Crippen LogP contribution in [-0.4, -0.2) is 46.9 Å². The highest BCUT2D eigenvalue weighted by Crippen LogP contribution is 2.46. The fourth-order valence-corrected chi connectivity index (χ4v) is 6.27. The summed E-state index contributed by atoms with van der Waals surface area (Å²) in [5, 5.41) is 10.9. The summed E-state index contributed by atoms with van der Waals surface area (Å²) in [6.45, 7) is 5.49. The van der Waals surface area contributed by atoms with Gasteiger partial charge in [0.15, 0.2) is 0 Å². The molecule has 1 N–H and O–H groups in total. The van der Waals surface area contributed by atoms with Gasteiger partial charge in [0.1, 0.15) is 5.78 Å². The second-order valence-corrected chi connectivity index (χ2v) is 10.1. The maximum Gasteiger partial charge on any atom is 0.238 e. The number of aliphatic hydroxyl groups excluding tert-OH is 1. The Balaban J connectivity index is 1.37. The number of aliphatic hydroxyl groups is 1. The minimum absolute atomic E-state index is 0.0323. The van der Waals surface area contributed by atoms with Gasteiger partial charge >= 0.3 is 0 Å². The molecule has 1 aliphatic carbocycles. The molecule has 0 aromatic heterocycles. The van der Waals surface area contributed by atoms with Crippen molar-refractivity contribution >= 4 is 17.4 Å². The summed E-state index contributed by atoms with van der Waals surface area (Å²) in [5.74, 6) is 0.189. The van der Waals surface area contributed by atoms with E-state index in [1.807, 2.05) is 43.0 Å². The standard InChI is InChI=1S/C28H34N2O3/c1-3-21(31)18-28(2)23-10-6-7-11-24(23)30(27(28)33)20-14-16-29(17-15-20)26-22-9-5-4-8-19(22)12-13-25(26)32/h4-11,20,25-26,32H,3,12-18H2,1-2H3/t25-,26-,28+/m0/s1. The number of nitrogens with zero attached hydrogens (tertiary/aromatic N) is 2. The van der Waals surface area contributed by atoms with Gasteiger partial charge in [0, 0.05) is 37.7 Å². The molecule has 1 amide bonds. The molecule has 1 fully saturated rings. The second kappa shape index (κ2) is 8.69. The SMILES string of the molecule is CCC(=O)C[C@@]1(C)C(=O)N(C2CCN([C@H]3c4ccccc4CC[C@@H]3O)CC2)c2ccccc21. The Bertz CT molecular complexity index is 1060. The van der Waals surface area contributed by atoms with Gasteiger partial charge in [-0.25, -0.2) is 0 Å². The molecule has 2 aromatic rings. The minimum Gasteiger partial charge on any atom is -0.391 e. The third-order valence-corrected chi connectivity index (χ3v) is 8.10. The molecule has 0 radical (unpaired) electrons. The van der Waals surface area contributed by atoms with Crippen LogP contribution in [0.5, 0.6) is 0 Å². The van der Waals surface area contributed by atoms with Crippen LogP contribution < -0.4 is 4.90 Å². The first kappa shape index (κ1) is 22.3. The monoisotopic (exact) mass is 446 g/mol. The molecule has 2 heterocycles. The van der Waals surface area contributed by atoms with E-state index in [4.69, 9.17) is 0 Å². The number of likely N-dealkylation sites (tertiary alicyclic amines) is 1. The fourth-order valence-electron chi connectivity index (χ4n) is 6.27. The smallest absolute Gasteiger partial charge is 0.238 e. The van der Waals surface area contributed by atoms with Crippen molar-refractivity contribution in [1.82, 2.24) is 4.90 Å². The summed E-state index contributed by atoms with van der Waals surface area (Å²) in [6.07, 6.45) is 3.82. The lowest BCUT2D eigenvalue weighted by Gasteiger charge is -2.44. The highest BCUT2D eigenvalue weighted by Gasteiger charge is 2.50. The van der Waals surface area contributed by atoms with E-state index in [9.17, 15) is 14.7 Å². The first-order valence-electron chi connectivity index (χ1n) is 12.4. The summed E-state index contributed by atoms with van der Waals surface area (Å²) < 4.78 is 0. The third-order valence-electron chi connectivity index (χ3n) is 8.10. The number of anilines is 1. The minimum atomic E-state index is -0.778. The number of fused-ring (bicyclic) bond motifs is 2. The molecular weight excluding hydrogens is 412 g/mol. The first-order valence-corrected chi connectivity index (χ1v) is 12.4. The highest BCUT2D eigenvalue weighted by molar-refractivity contribution is 6.10. The van der Waals surface area contributed by atoms with E-state index in [1.165, 1.54) is 11.1 Å². The summed E-state index contributed by atoms with van der Waals surface area (Å²) in [7, 11) is 0. The second-order valence-electron chi connectivity index (χ2n) is 10.1. The maximum atomic E-state index is 13.8. The number of hydrogen-bond acceptors (Lipinski definition) is 4. The molecule has 5 heteroatoms. The van der Waals surface area contributed by atoms with E-state index in [1.54, 1.807) is 0 Å². The predicted molar refractivity (Wildman–Crippen MR) is 129 cm³/mol. The molecule has 0 spiro atoms. The zero-order chi connectivity index (χ0) is 23.2. The molecule has 3 aliphatic rings. The Morgan fingerprint density at radius 1 is 1.06 bits per heavy atom. The van der Waals surface area contributed by atoms with E-state index < -0.39 is 5.41 Å². The van der Waals surface area contributed by atoms with Crippen LogP contribution in [0.1, 0.15) is 68.7 Å². The molecule has 2 aliphatic heterocycles. The number of amides is 1. The number of aryl methyl sites for hydroxylation is 1. The lowest BCUT2D eigenvalue weighted by molar-refractivity contribution is -0.128. The van der Waals surface area contributed by atoms with Crippen LogP contribution in [0, 0.1) is 0 Å². The van der Waals surface area contributed by atoms with Crippen LogP contribution in [0.4, 0.5) is 5.69 Å². The van der Waals surface area contributed by atoms with Crippen molar-refractivity contribution in [3.8, 4) is 0 Å². The first-order chi connectivity index (χ1) is 15.9. The zero-order valence-corrected chi connectivity index (χ0v) is 19.7. The summed E-state index contributed by atoms with van der Waals surface area (Å²) in [5.41, 5.74) is 3.77. The molecule has 174 valence electrons. The third kappa shape index (κ3) is 3.71. The largest absolute Gasteiger partial charge is 0.391 e. The van der Waals surface area contributed by atoms with Gasteiger partial charge in [-0.15, -0.1) is 0 Å². The fraction of sp³-hybridized carbons (Fsp3) is 0.500. The van der Waals surface area contributed by atoms with Gasteiger partial charge in [-0.1, -0.05) is 49.4 Å². The number of hydrogen-bond donors (Lipinski definition) is 1. The van der Waals surface area contributed by atoms with Crippen molar-refractivity contribution in [2.45, 2.75) is 76.0 Å². The van der Waals surface area contributed by atoms with E-state index in [0.717, 1.165) is 50.0 Å². The Morgan fingerprint density at radius 3 is 2.52 bits per heavy atom. The van der Waals surface area contributed by atoms with Crippen molar-refractivity contribution < 1.29 is 14.7 Å². The number of ketones is 1.